The number of urea groups is 2. The third kappa shape index (κ3) is 6.94. The Kier molecular flexibility index (Phi) is 8.67. The molecule has 0 bridgehead atoms. The molecule has 8 heteroatoms. The average Bonchev–Trinajstić information content (AvgIpc) is 2.80. The molecule has 1 aromatic rings. The Hall–Kier alpha value is -2.64. The zero-order valence-electron chi connectivity index (χ0n) is 18.7. The van der Waals surface area contributed by atoms with Crippen LogP contribution >= 0.6 is 0 Å². The summed E-state index contributed by atoms with van der Waals surface area (Å²) in [7, 11) is 3.14. The molecule has 1 saturated carbocycles. The van der Waals surface area contributed by atoms with Crippen molar-refractivity contribution < 1.29 is 19.1 Å². The molecule has 0 atom stereocenters. The summed E-state index contributed by atoms with van der Waals surface area (Å²) in [6.07, 6.45) is 8.80. The number of piperidine rings is 1. The first kappa shape index (κ1) is 23.0. The van der Waals surface area contributed by atoms with Crippen molar-refractivity contribution in [1.29, 1.82) is 0 Å². The lowest BCUT2D eigenvalue weighted by Crippen LogP contribution is -2.48. The van der Waals surface area contributed by atoms with Gasteiger partial charge in [-0.05, 0) is 50.2 Å². The molecule has 3 rings (SSSR count). The number of hydrogen-bond acceptors (Lipinski definition) is 4. The maximum atomic E-state index is 12.5. The fourth-order valence-corrected chi connectivity index (χ4v) is 4.41. The van der Waals surface area contributed by atoms with Crippen molar-refractivity contribution in [2.45, 2.75) is 57.4 Å². The predicted octanol–water partition coefficient (Wildman–Crippen LogP) is 3.97. The summed E-state index contributed by atoms with van der Waals surface area (Å²) >= 11 is 0. The van der Waals surface area contributed by atoms with Gasteiger partial charge in [0.15, 0.2) is 0 Å². The molecular weight excluding hydrogens is 396 g/mol. The summed E-state index contributed by atoms with van der Waals surface area (Å²) in [5.41, 5.74) is 0.566. The SMILES string of the molecule is COc1ccc(OC)c(NC(=O)NCCC2CCN(C(=O)NC3CCCCC3)CC2)c1. The fourth-order valence-electron chi connectivity index (χ4n) is 4.41. The number of amides is 4. The Morgan fingerprint density at radius 1 is 1.03 bits per heavy atom. The molecular formula is C23H36N4O4. The molecule has 172 valence electrons. The minimum Gasteiger partial charge on any atom is -0.497 e. The first-order valence-electron chi connectivity index (χ1n) is 11.4. The Labute approximate surface area is 185 Å². The van der Waals surface area contributed by atoms with Gasteiger partial charge in [0.05, 0.1) is 19.9 Å². The lowest BCUT2D eigenvalue weighted by molar-refractivity contribution is 0.162. The summed E-state index contributed by atoms with van der Waals surface area (Å²) in [6, 6.07) is 5.44. The number of hydrogen-bond donors (Lipinski definition) is 3. The number of rotatable bonds is 7. The minimum absolute atomic E-state index is 0.0927. The topological polar surface area (TPSA) is 91.9 Å². The van der Waals surface area contributed by atoms with E-state index in [0.29, 0.717) is 35.7 Å². The zero-order chi connectivity index (χ0) is 22.1. The van der Waals surface area contributed by atoms with E-state index in [4.69, 9.17) is 9.47 Å². The summed E-state index contributed by atoms with van der Waals surface area (Å²) in [4.78, 5) is 26.7. The second-order valence-corrected chi connectivity index (χ2v) is 8.45. The summed E-state index contributed by atoms with van der Waals surface area (Å²) < 4.78 is 10.5. The number of ether oxygens (including phenoxy) is 2. The summed E-state index contributed by atoms with van der Waals surface area (Å²) in [5, 5.41) is 8.94. The highest BCUT2D eigenvalue weighted by atomic mass is 16.5. The smallest absolute Gasteiger partial charge is 0.319 e. The second-order valence-electron chi connectivity index (χ2n) is 8.45. The Balaban J connectivity index is 1.34. The van der Waals surface area contributed by atoms with Gasteiger partial charge in [0.1, 0.15) is 11.5 Å². The molecule has 1 heterocycles. The predicted molar refractivity (Wildman–Crippen MR) is 121 cm³/mol. The van der Waals surface area contributed by atoms with Crippen LogP contribution < -0.4 is 25.4 Å². The highest BCUT2D eigenvalue weighted by molar-refractivity contribution is 5.91. The van der Waals surface area contributed by atoms with Crippen molar-refractivity contribution in [2.24, 2.45) is 5.92 Å². The largest absolute Gasteiger partial charge is 0.497 e. The summed E-state index contributed by atoms with van der Waals surface area (Å²) in [6.45, 7) is 2.17. The number of carbonyl (C=O) groups excluding carboxylic acids is 2. The number of nitrogens with zero attached hydrogens (tertiary/aromatic N) is 1. The highest BCUT2D eigenvalue weighted by Gasteiger charge is 2.25. The van der Waals surface area contributed by atoms with Crippen LogP contribution in [0.5, 0.6) is 11.5 Å². The van der Waals surface area contributed by atoms with Crippen LogP contribution in [-0.2, 0) is 0 Å². The molecule has 0 unspecified atom stereocenters. The third-order valence-corrected chi connectivity index (χ3v) is 6.33. The molecule has 2 fully saturated rings. The van der Waals surface area contributed by atoms with Crippen LogP contribution in [0.4, 0.5) is 15.3 Å². The molecule has 4 amide bonds. The van der Waals surface area contributed by atoms with Crippen molar-refractivity contribution >= 4 is 17.7 Å². The van der Waals surface area contributed by atoms with Gasteiger partial charge in [0.25, 0.3) is 0 Å². The number of methoxy groups -OCH3 is 2. The van der Waals surface area contributed by atoms with E-state index in [1.807, 2.05) is 4.90 Å². The molecule has 0 radical (unpaired) electrons. The van der Waals surface area contributed by atoms with Gasteiger partial charge in [-0.15, -0.1) is 0 Å². The quantitative estimate of drug-likeness (QED) is 0.608. The number of benzene rings is 1. The van der Waals surface area contributed by atoms with Gasteiger partial charge in [-0.1, -0.05) is 19.3 Å². The molecule has 31 heavy (non-hydrogen) atoms. The van der Waals surface area contributed by atoms with Crippen LogP contribution in [0.2, 0.25) is 0 Å². The Bertz CT molecular complexity index is 728. The van der Waals surface area contributed by atoms with Crippen molar-refractivity contribution in [3.8, 4) is 11.5 Å². The molecule has 1 aromatic carbocycles. The van der Waals surface area contributed by atoms with E-state index < -0.39 is 0 Å². The van der Waals surface area contributed by atoms with Crippen LogP contribution in [0.1, 0.15) is 51.4 Å². The Morgan fingerprint density at radius 3 is 2.45 bits per heavy atom. The molecule has 0 aromatic heterocycles. The maximum absolute atomic E-state index is 12.5. The highest BCUT2D eigenvalue weighted by Crippen LogP contribution is 2.28. The van der Waals surface area contributed by atoms with Crippen LogP contribution in [0.3, 0.4) is 0 Å². The van der Waals surface area contributed by atoms with Gasteiger partial charge in [0, 0.05) is 31.7 Å². The van der Waals surface area contributed by atoms with Crippen LogP contribution in [0.25, 0.3) is 0 Å². The lowest BCUT2D eigenvalue weighted by atomic mass is 9.93. The zero-order valence-corrected chi connectivity index (χ0v) is 18.7. The average molecular weight is 433 g/mol. The van der Waals surface area contributed by atoms with Gasteiger partial charge in [-0.25, -0.2) is 9.59 Å². The Morgan fingerprint density at radius 2 is 1.77 bits per heavy atom. The van der Waals surface area contributed by atoms with Crippen LogP contribution in [0.15, 0.2) is 18.2 Å². The molecule has 2 aliphatic rings. The van der Waals surface area contributed by atoms with Crippen molar-refractivity contribution in [3.63, 3.8) is 0 Å². The molecule has 1 aliphatic heterocycles. The van der Waals surface area contributed by atoms with Gasteiger partial charge in [0.2, 0.25) is 0 Å². The van der Waals surface area contributed by atoms with E-state index >= 15 is 0 Å². The number of likely N-dealkylation sites (tertiary alicyclic amines) is 1. The lowest BCUT2D eigenvalue weighted by Gasteiger charge is -2.34. The summed E-state index contributed by atoms with van der Waals surface area (Å²) in [5.74, 6) is 1.75. The minimum atomic E-state index is -0.268. The molecule has 1 saturated heterocycles. The van der Waals surface area contributed by atoms with E-state index in [1.54, 1.807) is 32.4 Å². The van der Waals surface area contributed by atoms with Gasteiger partial charge < -0.3 is 30.3 Å². The number of anilines is 1. The van der Waals surface area contributed by atoms with Gasteiger partial charge >= 0.3 is 12.1 Å². The second kappa shape index (κ2) is 11.7. The fraction of sp³-hybridized carbons (Fsp3) is 0.652. The van der Waals surface area contributed by atoms with Crippen LogP contribution in [-0.4, -0.2) is 56.9 Å². The third-order valence-electron chi connectivity index (χ3n) is 6.33. The van der Waals surface area contributed by atoms with Crippen molar-refractivity contribution in [2.75, 3.05) is 39.2 Å². The molecule has 1 aliphatic carbocycles. The van der Waals surface area contributed by atoms with Gasteiger partial charge in [-0.2, -0.15) is 0 Å². The van der Waals surface area contributed by atoms with E-state index in [9.17, 15) is 9.59 Å². The maximum Gasteiger partial charge on any atom is 0.319 e. The van der Waals surface area contributed by atoms with Gasteiger partial charge in [-0.3, -0.25) is 0 Å². The van der Waals surface area contributed by atoms with E-state index in [0.717, 1.165) is 45.2 Å². The molecule has 0 spiro atoms. The molecule has 8 nitrogen and oxygen atoms in total. The van der Waals surface area contributed by atoms with E-state index in [2.05, 4.69) is 16.0 Å². The number of nitrogens with one attached hydrogen (secondary N) is 3. The first-order valence-corrected chi connectivity index (χ1v) is 11.4. The van der Waals surface area contributed by atoms with Crippen LogP contribution in [0, 0.1) is 5.92 Å². The monoisotopic (exact) mass is 432 g/mol. The van der Waals surface area contributed by atoms with E-state index in [-0.39, 0.29) is 12.1 Å². The first-order chi connectivity index (χ1) is 15.1. The molecule has 3 N–H and O–H groups in total. The standard InChI is InChI=1S/C23H36N4O4/c1-30-19-8-9-21(31-2)20(16-19)26-22(28)24-13-10-17-11-14-27(15-12-17)23(29)25-18-6-4-3-5-7-18/h8-9,16-18H,3-7,10-15H2,1-2H3,(H,25,29)(H2,24,26,28). The van der Waals surface area contributed by atoms with Crippen molar-refractivity contribution in [1.82, 2.24) is 15.5 Å². The normalized spacial score (nSPS) is 17.7. The van der Waals surface area contributed by atoms with Crippen molar-refractivity contribution in [3.05, 3.63) is 18.2 Å². The number of carbonyl (C=O) groups is 2. The van der Waals surface area contributed by atoms with E-state index in [1.165, 1.54) is 19.3 Å².